The number of benzene rings is 1. The third-order valence-electron chi connectivity index (χ3n) is 1.97. The number of aliphatic carboxylic acids is 1. The van der Waals surface area contributed by atoms with Gasteiger partial charge in [-0.25, -0.2) is 9.18 Å². The molecule has 1 aromatic rings. The molecule has 0 aliphatic heterocycles. The first-order valence-electron chi connectivity index (χ1n) is 4.47. The van der Waals surface area contributed by atoms with Crippen LogP contribution in [0.3, 0.4) is 0 Å². The lowest BCUT2D eigenvalue weighted by Gasteiger charge is -2.11. The summed E-state index contributed by atoms with van der Waals surface area (Å²) >= 11 is 0. The molecule has 80 valence electrons. The number of hydrogen-bond acceptors (Lipinski definition) is 2. The SMILES string of the molecule is CNC(/C=C/C(=O)O)c1ccc(F)cc1. The van der Waals surface area contributed by atoms with Crippen LogP contribution in [0.5, 0.6) is 0 Å². The molecule has 15 heavy (non-hydrogen) atoms. The van der Waals surface area contributed by atoms with Gasteiger partial charge in [0.1, 0.15) is 5.82 Å². The molecule has 0 fully saturated rings. The van der Waals surface area contributed by atoms with E-state index in [0.29, 0.717) is 0 Å². The number of hydrogen-bond donors (Lipinski definition) is 2. The molecule has 0 aromatic heterocycles. The van der Waals surface area contributed by atoms with Crippen LogP contribution in [0, 0.1) is 5.82 Å². The molecular weight excluding hydrogens is 197 g/mol. The van der Waals surface area contributed by atoms with E-state index in [9.17, 15) is 9.18 Å². The van der Waals surface area contributed by atoms with Crippen LogP contribution in [0.2, 0.25) is 0 Å². The van der Waals surface area contributed by atoms with Gasteiger partial charge in [-0.15, -0.1) is 0 Å². The van der Waals surface area contributed by atoms with Gasteiger partial charge in [-0.3, -0.25) is 0 Å². The quantitative estimate of drug-likeness (QED) is 0.742. The van der Waals surface area contributed by atoms with Crippen LogP contribution in [-0.4, -0.2) is 18.1 Å². The summed E-state index contributed by atoms with van der Waals surface area (Å²) < 4.78 is 12.6. The van der Waals surface area contributed by atoms with Gasteiger partial charge in [0.05, 0.1) is 6.04 Å². The second-order valence-electron chi connectivity index (χ2n) is 3.02. The van der Waals surface area contributed by atoms with Crippen molar-refractivity contribution in [3.05, 3.63) is 47.8 Å². The number of rotatable bonds is 4. The van der Waals surface area contributed by atoms with Gasteiger partial charge in [-0.05, 0) is 24.7 Å². The van der Waals surface area contributed by atoms with Crippen LogP contribution in [0.4, 0.5) is 4.39 Å². The van der Waals surface area contributed by atoms with Crippen LogP contribution >= 0.6 is 0 Å². The average Bonchev–Trinajstić information content (AvgIpc) is 2.21. The van der Waals surface area contributed by atoms with E-state index in [0.717, 1.165) is 11.6 Å². The van der Waals surface area contributed by atoms with Crippen LogP contribution < -0.4 is 5.32 Å². The molecule has 0 aliphatic rings. The van der Waals surface area contributed by atoms with E-state index in [1.54, 1.807) is 19.2 Å². The second-order valence-corrected chi connectivity index (χ2v) is 3.02. The summed E-state index contributed by atoms with van der Waals surface area (Å²) in [4.78, 5) is 10.3. The Hall–Kier alpha value is -1.68. The zero-order chi connectivity index (χ0) is 11.3. The van der Waals surface area contributed by atoms with Crippen LogP contribution in [0.25, 0.3) is 0 Å². The lowest BCUT2D eigenvalue weighted by atomic mass is 10.1. The summed E-state index contributed by atoms with van der Waals surface area (Å²) in [6, 6.07) is 5.69. The molecule has 3 nitrogen and oxygen atoms in total. The van der Waals surface area contributed by atoms with Crippen LogP contribution in [0.1, 0.15) is 11.6 Å². The van der Waals surface area contributed by atoms with Crippen molar-refractivity contribution >= 4 is 5.97 Å². The normalized spacial score (nSPS) is 12.9. The van der Waals surface area contributed by atoms with Crippen molar-refractivity contribution in [3.63, 3.8) is 0 Å². The van der Waals surface area contributed by atoms with Gasteiger partial charge in [0.25, 0.3) is 0 Å². The fraction of sp³-hybridized carbons (Fsp3) is 0.182. The number of carbonyl (C=O) groups is 1. The Balaban J connectivity index is 2.83. The van der Waals surface area contributed by atoms with Crippen LogP contribution in [-0.2, 0) is 4.79 Å². The van der Waals surface area contributed by atoms with Gasteiger partial charge in [0.15, 0.2) is 0 Å². The zero-order valence-electron chi connectivity index (χ0n) is 8.27. The van der Waals surface area contributed by atoms with Gasteiger partial charge in [-0.1, -0.05) is 18.2 Å². The van der Waals surface area contributed by atoms with Gasteiger partial charge in [-0.2, -0.15) is 0 Å². The Morgan fingerprint density at radius 1 is 1.47 bits per heavy atom. The minimum absolute atomic E-state index is 0.221. The number of carboxylic acids is 1. The predicted molar refractivity (Wildman–Crippen MR) is 55.0 cm³/mol. The maximum absolute atomic E-state index is 12.6. The maximum atomic E-state index is 12.6. The molecule has 2 N–H and O–H groups in total. The third kappa shape index (κ3) is 3.52. The fourth-order valence-corrected chi connectivity index (χ4v) is 1.22. The van der Waals surface area contributed by atoms with Gasteiger partial charge < -0.3 is 10.4 Å². The Labute approximate surface area is 87.2 Å². The largest absolute Gasteiger partial charge is 0.478 e. The first-order valence-corrected chi connectivity index (χ1v) is 4.47. The van der Waals surface area contributed by atoms with Crippen molar-refractivity contribution in [2.45, 2.75) is 6.04 Å². The molecule has 0 saturated heterocycles. The molecule has 0 bridgehead atoms. The standard InChI is InChI=1S/C11H12FNO2/c1-13-10(6-7-11(14)15)8-2-4-9(12)5-3-8/h2-7,10,13H,1H3,(H,14,15)/b7-6+. The fourth-order valence-electron chi connectivity index (χ4n) is 1.22. The van der Waals surface area contributed by atoms with Gasteiger partial charge in [0.2, 0.25) is 0 Å². The van der Waals surface area contributed by atoms with E-state index < -0.39 is 5.97 Å². The predicted octanol–water partition coefficient (Wildman–Crippen LogP) is 1.73. The molecular formula is C11H12FNO2. The highest BCUT2D eigenvalue weighted by atomic mass is 19.1. The minimum atomic E-state index is -1.00. The topological polar surface area (TPSA) is 49.3 Å². The third-order valence-corrected chi connectivity index (χ3v) is 1.97. The van der Waals surface area contributed by atoms with E-state index >= 15 is 0 Å². The summed E-state index contributed by atoms with van der Waals surface area (Å²) in [5.74, 6) is -1.31. The second kappa shape index (κ2) is 5.26. The van der Waals surface area contributed by atoms with Crippen molar-refractivity contribution < 1.29 is 14.3 Å². The lowest BCUT2D eigenvalue weighted by Crippen LogP contribution is -2.14. The van der Waals surface area contributed by atoms with Crippen molar-refractivity contribution in [2.24, 2.45) is 0 Å². The zero-order valence-corrected chi connectivity index (χ0v) is 8.27. The average molecular weight is 209 g/mol. The molecule has 1 unspecified atom stereocenters. The molecule has 0 saturated carbocycles. The maximum Gasteiger partial charge on any atom is 0.328 e. The van der Waals surface area contributed by atoms with Crippen molar-refractivity contribution in [1.82, 2.24) is 5.32 Å². The number of likely N-dealkylation sites (N-methyl/N-ethyl adjacent to an activating group) is 1. The highest BCUT2D eigenvalue weighted by Gasteiger charge is 2.05. The van der Waals surface area contributed by atoms with E-state index in [4.69, 9.17) is 5.11 Å². The van der Waals surface area contributed by atoms with E-state index in [1.165, 1.54) is 18.2 Å². The Bertz CT molecular complexity index is 359. The van der Waals surface area contributed by atoms with Crippen molar-refractivity contribution in [2.75, 3.05) is 7.05 Å². The minimum Gasteiger partial charge on any atom is -0.478 e. The molecule has 1 rings (SSSR count). The highest BCUT2D eigenvalue weighted by molar-refractivity contribution is 5.79. The molecule has 0 spiro atoms. The molecule has 0 amide bonds. The molecule has 4 heteroatoms. The number of nitrogens with one attached hydrogen (secondary N) is 1. The van der Waals surface area contributed by atoms with Gasteiger partial charge in [0, 0.05) is 6.08 Å². The van der Waals surface area contributed by atoms with Crippen molar-refractivity contribution in [3.8, 4) is 0 Å². The van der Waals surface area contributed by atoms with E-state index in [2.05, 4.69) is 5.32 Å². The Morgan fingerprint density at radius 2 is 2.07 bits per heavy atom. The molecule has 1 aromatic carbocycles. The number of carboxylic acid groups (broad SMARTS) is 1. The summed E-state index contributed by atoms with van der Waals surface area (Å²) in [7, 11) is 1.71. The summed E-state index contributed by atoms with van der Waals surface area (Å²) in [5, 5.41) is 11.4. The molecule has 0 radical (unpaired) electrons. The Kier molecular flexibility index (Phi) is 4.00. The molecule has 0 aliphatic carbocycles. The smallest absolute Gasteiger partial charge is 0.328 e. The van der Waals surface area contributed by atoms with E-state index in [1.807, 2.05) is 0 Å². The van der Waals surface area contributed by atoms with Crippen LogP contribution in [0.15, 0.2) is 36.4 Å². The molecule has 1 atom stereocenters. The van der Waals surface area contributed by atoms with Crippen molar-refractivity contribution in [1.29, 1.82) is 0 Å². The van der Waals surface area contributed by atoms with Gasteiger partial charge >= 0.3 is 5.97 Å². The highest BCUT2D eigenvalue weighted by Crippen LogP contribution is 2.14. The lowest BCUT2D eigenvalue weighted by molar-refractivity contribution is -0.131. The summed E-state index contributed by atoms with van der Waals surface area (Å²) in [5.41, 5.74) is 0.816. The molecule has 0 heterocycles. The Morgan fingerprint density at radius 3 is 2.53 bits per heavy atom. The first-order chi connectivity index (χ1) is 7.13. The monoisotopic (exact) mass is 209 g/mol. The summed E-state index contributed by atoms with van der Waals surface area (Å²) in [6.45, 7) is 0. The number of halogens is 1. The first kappa shape index (κ1) is 11.4. The summed E-state index contributed by atoms with van der Waals surface area (Å²) in [6.07, 6.45) is 2.57. The van der Waals surface area contributed by atoms with E-state index in [-0.39, 0.29) is 11.9 Å².